The van der Waals surface area contributed by atoms with E-state index in [9.17, 15) is 4.79 Å². The molecular formula is C39H35BrN2O4. The fraction of sp³-hybridized carbons (Fsp3) is 0.179. The molecule has 0 saturated heterocycles. The zero-order chi connectivity index (χ0) is 31.9. The predicted octanol–water partition coefficient (Wildman–Crippen LogP) is 7.72. The third kappa shape index (κ3) is 6.27. The molecule has 232 valence electrons. The molecule has 0 fully saturated rings. The van der Waals surface area contributed by atoms with Crippen molar-refractivity contribution < 1.29 is 19.1 Å². The lowest BCUT2D eigenvalue weighted by Gasteiger charge is -2.38. The second kappa shape index (κ2) is 14.3. The summed E-state index contributed by atoms with van der Waals surface area (Å²) in [6.07, 6.45) is 0. The van der Waals surface area contributed by atoms with Gasteiger partial charge in [-0.05, 0) is 41.3 Å². The van der Waals surface area contributed by atoms with E-state index in [-0.39, 0.29) is 19.1 Å². The number of benzene rings is 5. The number of halogens is 1. The van der Waals surface area contributed by atoms with Crippen LogP contribution in [0.25, 0.3) is 0 Å². The van der Waals surface area contributed by atoms with Crippen molar-refractivity contribution in [2.75, 3.05) is 11.5 Å². The Hall–Kier alpha value is -4.56. The second-order valence-corrected chi connectivity index (χ2v) is 12.0. The van der Waals surface area contributed by atoms with Crippen LogP contribution in [0.1, 0.15) is 40.8 Å². The van der Waals surface area contributed by atoms with Crippen molar-refractivity contribution in [2.24, 2.45) is 0 Å². The van der Waals surface area contributed by atoms with E-state index in [1.54, 1.807) is 11.8 Å². The van der Waals surface area contributed by atoms with Crippen LogP contribution in [-0.2, 0) is 37.8 Å². The van der Waals surface area contributed by atoms with Gasteiger partial charge in [0.25, 0.3) is 5.91 Å². The van der Waals surface area contributed by atoms with Crippen molar-refractivity contribution in [1.29, 1.82) is 0 Å². The molecule has 0 radical (unpaired) electrons. The van der Waals surface area contributed by atoms with Gasteiger partial charge in [0.05, 0.1) is 31.5 Å². The Morgan fingerprint density at radius 3 is 1.98 bits per heavy atom. The summed E-state index contributed by atoms with van der Waals surface area (Å²) in [5.74, 6) is -0.911. The fourth-order valence-corrected chi connectivity index (χ4v) is 6.50. The molecule has 46 heavy (non-hydrogen) atoms. The van der Waals surface area contributed by atoms with Crippen LogP contribution in [0.4, 0.5) is 5.69 Å². The van der Waals surface area contributed by atoms with Crippen molar-refractivity contribution in [1.82, 2.24) is 5.32 Å². The largest absolute Gasteiger partial charge is 0.465 e. The zero-order valence-corrected chi connectivity index (χ0v) is 27.1. The molecule has 7 heteroatoms. The molecule has 0 bridgehead atoms. The van der Waals surface area contributed by atoms with Gasteiger partial charge in [0, 0.05) is 10.0 Å². The standard InChI is InChI=1S/C39H35BrN2O4/c1-2-45-37(43)36(41-35(29-18-8-4-9-19-29)30-20-10-5-11-21-30)39(46-27-31-22-12-14-24-33(31)40)32-23-13-15-25-34(32)42(38(39)44)26-28-16-6-3-7-17-28/h3-25,35-36,41H,2,26-27H2,1H3/t36?,39-/m0/s1. The maximum atomic E-state index is 15.1. The Balaban J connectivity index is 1.53. The molecule has 0 saturated carbocycles. The Morgan fingerprint density at radius 1 is 0.783 bits per heavy atom. The Morgan fingerprint density at radius 2 is 1.35 bits per heavy atom. The van der Waals surface area contributed by atoms with Gasteiger partial charge in [-0.2, -0.15) is 0 Å². The Labute approximate surface area is 278 Å². The highest BCUT2D eigenvalue weighted by molar-refractivity contribution is 9.10. The number of esters is 1. The first-order valence-electron chi connectivity index (χ1n) is 15.4. The number of amides is 1. The number of carbonyl (C=O) groups excluding carboxylic acids is 2. The lowest BCUT2D eigenvalue weighted by molar-refractivity contribution is -0.169. The van der Waals surface area contributed by atoms with Gasteiger partial charge in [-0.3, -0.25) is 14.9 Å². The molecule has 2 atom stereocenters. The topological polar surface area (TPSA) is 67.9 Å². The first-order chi connectivity index (χ1) is 22.5. The number of nitrogens with zero attached hydrogens (tertiary/aromatic N) is 1. The molecule has 0 aromatic heterocycles. The molecule has 0 aliphatic carbocycles. The monoisotopic (exact) mass is 674 g/mol. The quantitative estimate of drug-likeness (QED) is 0.137. The van der Waals surface area contributed by atoms with E-state index in [2.05, 4.69) is 21.2 Å². The van der Waals surface area contributed by atoms with Gasteiger partial charge in [0.15, 0.2) is 5.60 Å². The van der Waals surface area contributed by atoms with Crippen molar-refractivity contribution in [3.8, 4) is 0 Å². The summed E-state index contributed by atoms with van der Waals surface area (Å²) in [6.45, 7) is 2.29. The number of rotatable bonds is 12. The first kappa shape index (κ1) is 31.4. The first-order valence-corrected chi connectivity index (χ1v) is 16.2. The van der Waals surface area contributed by atoms with E-state index in [0.717, 1.165) is 26.7 Å². The average Bonchev–Trinajstić information content (AvgIpc) is 3.33. The zero-order valence-electron chi connectivity index (χ0n) is 25.5. The van der Waals surface area contributed by atoms with Crippen LogP contribution in [0.15, 0.2) is 144 Å². The molecule has 0 spiro atoms. The summed E-state index contributed by atoms with van der Waals surface area (Å²) in [5, 5.41) is 3.60. The maximum absolute atomic E-state index is 15.1. The number of ether oxygens (including phenoxy) is 2. The molecule has 6 rings (SSSR count). The third-order valence-electron chi connectivity index (χ3n) is 8.28. The third-order valence-corrected chi connectivity index (χ3v) is 9.06. The fourth-order valence-electron chi connectivity index (χ4n) is 6.10. The molecule has 1 aliphatic heterocycles. The molecule has 1 aliphatic rings. The lowest BCUT2D eigenvalue weighted by atomic mass is 9.85. The van der Waals surface area contributed by atoms with Crippen molar-refractivity contribution in [2.45, 2.75) is 37.8 Å². The van der Waals surface area contributed by atoms with Crippen LogP contribution in [0.2, 0.25) is 0 Å². The minimum atomic E-state index is -1.76. The normalized spacial score (nSPS) is 16.3. The van der Waals surface area contributed by atoms with Gasteiger partial charge >= 0.3 is 5.97 Å². The number of anilines is 1. The van der Waals surface area contributed by atoms with Gasteiger partial charge in [0.2, 0.25) is 0 Å². The molecule has 1 unspecified atom stereocenters. The van der Waals surface area contributed by atoms with Crippen LogP contribution in [0.5, 0.6) is 0 Å². The number of fused-ring (bicyclic) bond motifs is 1. The van der Waals surface area contributed by atoms with Crippen LogP contribution < -0.4 is 10.2 Å². The Kier molecular flexibility index (Phi) is 9.73. The van der Waals surface area contributed by atoms with E-state index >= 15 is 4.79 Å². The van der Waals surface area contributed by atoms with Crippen LogP contribution >= 0.6 is 15.9 Å². The van der Waals surface area contributed by atoms with Gasteiger partial charge in [-0.25, -0.2) is 0 Å². The highest BCUT2D eigenvalue weighted by Crippen LogP contribution is 2.47. The molecule has 6 nitrogen and oxygen atoms in total. The number of para-hydroxylation sites is 1. The maximum Gasteiger partial charge on any atom is 0.327 e. The molecule has 1 heterocycles. The van der Waals surface area contributed by atoms with E-state index in [1.165, 1.54) is 0 Å². The van der Waals surface area contributed by atoms with Crippen molar-refractivity contribution >= 4 is 33.5 Å². The number of nitrogens with one attached hydrogen (secondary N) is 1. The molecule has 1 amide bonds. The average molecular weight is 676 g/mol. The van der Waals surface area contributed by atoms with Gasteiger partial charge in [-0.15, -0.1) is 0 Å². The molecule has 5 aromatic carbocycles. The molecule has 5 aromatic rings. The van der Waals surface area contributed by atoms with Gasteiger partial charge in [0.1, 0.15) is 6.04 Å². The SMILES string of the molecule is CCOC(=O)C(NC(c1ccccc1)c1ccccc1)[C@]1(OCc2ccccc2Br)C(=O)N(Cc2ccccc2)c2ccccc21. The highest BCUT2D eigenvalue weighted by atomic mass is 79.9. The number of hydrogen-bond donors (Lipinski definition) is 1. The van der Waals surface area contributed by atoms with Crippen LogP contribution in [-0.4, -0.2) is 24.5 Å². The van der Waals surface area contributed by atoms with Crippen molar-refractivity contribution in [3.63, 3.8) is 0 Å². The Bertz CT molecular complexity index is 1740. The summed E-state index contributed by atoms with van der Waals surface area (Å²) < 4.78 is 13.5. The smallest absolute Gasteiger partial charge is 0.327 e. The van der Waals surface area contributed by atoms with Crippen LogP contribution in [0.3, 0.4) is 0 Å². The minimum Gasteiger partial charge on any atom is -0.465 e. The van der Waals surface area contributed by atoms with E-state index in [0.29, 0.717) is 17.8 Å². The number of hydrogen-bond acceptors (Lipinski definition) is 5. The minimum absolute atomic E-state index is 0.0690. The second-order valence-electron chi connectivity index (χ2n) is 11.1. The van der Waals surface area contributed by atoms with E-state index in [4.69, 9.17) is 9.47 Å². The summed E-state index contributed by atoms with van der Waals surface area (Å²) in [4.78, 5) is 31.1. The van der Waals surface area contributed by atoms with E-state index in [1.807, 2.05) is 140 Å². The van der Waals surface area contributed by atoms with E-state index < -0.39 is 23.7 Å². The lowest BCUT2D eigenvalue weighted by Crippen LogP contribution is -2.60. The van der Waals surface area contributed by atoms with Gasteiger partial charge in [-0.1, -0.05) is 143 Å². The summed E-state index contributed by atoms with van der Waals surface area (Å²) in [6, 6.07) is 43.2. The highest BCUT2D eigenvalue weighted by Gasteiger charge is 2.60. The summed E-state index contributed by atoms with van der Waals surface area (Å²) >= 11 is 3.64. The molecular weight excluding hydrogens is 640 g/mol. The summed E-state index contributed by atoms with van der Waals surface area (Å²) in [7, 11) is 0. The molecule has 1 N–H and O–H groups in total. The number of carbonyl (C=O) groups is 2. The van der Waals surface area contributed by atoms with Crippen LogP contribution in [0, 0.1) is 0 Å². The summed E-state index contributed by atoms with van der Waals surface area (Å²) in [5.41, 5.74) is 3.21. The van der Waals surface area contributed by atoms with Crippen molar-refractivity contribution in [3.05, 3.63) is 172 Å². The predicted molar refractivity (Wildman–Crippen MR) is 183 cm³/mol. The van der Waals surface area contributed by atoms with Gasteiger partial charge < -0.3 is 14.4 Å².